The molecule has 4 aromatic rings. The fourth-order valence-electron chi connectivity index (χ4n) is 2.87. The normalized spacial score (nSPS) is 11.5. The van der Waals surface area contributed by atoms with E-state index in [0.29, 0.717) is 10.7 Å². The van der Waals surface area contributed by atoms with Gasteiger partial charge in [0.1, 0.15) is 5.65 Å². The van der Waals surface area contributed by atoms with Gasteiger partial charge in [0.2, 0.25) is 5.91 Å². The molecule has 0 radical (unpaired) electrons. The molecule has 0 spiro atoms. The predicted octanol–water partition coefficient (Wildman–Crippen LogP) is 4.66. The lowest BCUT2D eigenvalue weighted by Crippen LogP contribution is -2.05. The quantitative estimate of drug-likeness (QED) is 0.473. The van der Waals surface area contributed by atoms with Gasteiger partial charge in [-0.1, -0.05) is 48.0 Å². The second-order valence-corrected chi connectivity index (χ2v) is 5.39. The average Bonchev–Trinajstić information content (AvgIpc) is 2.82. The number of carbonyl (C=O) groups excluding carboxylic acids is 1. The molecule has 4 rings (SSSR count). The maximum absolute atomic E-state index is 12.1. The monoisotopic (exact) mass is 294 g/mol. The zero-order valence-electron chi connectivity index (χ0n) is 11.3. The highest BCUT2D eigenvalue weighted by atomic mass is 35.5. The summed E-state index contributed by atoms with van der Waals surface area (Å²) in [5.41, 5.74) is 2.25. The summed E-state index contributed by atoms with van der Waals surface area (Å²) in [5, 5.41) is 3.33. The van der Waals surface area contributed by atoms with Gasteiger partial charge in [-0.15, -0.1) is 0 Å². The third kappa shape index (κ3) is 1.61. The summed E-state index contributed by atoms with van der Waals surface area (Å²) in [6, 6.07) is 15.4. The first kappa shape index (κ1) is 12.4. The molecule has 0 aliphatic heterocycles. The number of nitrogens with zero attached hydrogens (tertiary/aromatic N) is 2. The van der Waals surface area contributed by atoms with E-state index >= 15 is 0 Å². The molecule has 0 saturated carbocycles. The van der Waals surface area contributed by atoms with Crippen LogP contribution in [0, 0.1) is 0 Å². The van der Waals surface area contributed by atoms with Crippen LogP contribution in [0.5, 0.6) is 0 Å². The van der Waals surface area contributed by atoms with Crippen molar-refractivity contribution in [1.82, 2.24) is 9.55 Å². The minimum Gasteiger partial charge on any atom is -0.274 e. The highest BCUT2D eigenvalue weighted by Crippen LogP contribution is 2.37. The third-order valence-corrected chi connectivity index (χ3v) is 4.14. The second-order valence-electron chi connectivity index (χ2n) is 5.01. The molecule has 0 N–H and O–H groups in total. The first-order chi connectivity index (χ1) is 10.2. The van der Waals surface area contributed by atoms with Gasteiger partial charge in [0.25, 0.3) is 0 Å². The molecule has 4 heteroatoms. The standard InChI is InChI=1S/C17H11ClN2O/c1-10(21)20-14-9-5-3-7-12(14)15-16(18)11-6-2-4-8-13(11)19-17(15)20/h2-9H,1H3. The summed E-state index contributed by atoms with van der Waals surface area (Å²) in [4.78, 5) is 16.7. The van der Waals surface area contributed by atoms with Gasteiger partial charge in [0.15, 0.2) is 0 Å². The van der Waals surface area contributed by atoms with Gasteiger partial charge in [-0.25, -0.2) is 4.98 Å². The lowest BCUT2D eigenvalue weighted by molar-refractivity contribution is 0.0946. The number of para-hydroxylation sites is 2. The molecule has 0 fully saturated rings. The summed E-state index contributed by atoms with van der Waals surface area (Å²) in [6.45, 7) is 1.54. The van der Waals surface area contributed by atoms with Crippen molar-refractivity contribution in [2.45, 2.75) is 6.92 Å². The van der Waals surface area contributed by atoms with Crippen molar-refractivity contribution in [2.75, 3.05) is 0 Å². The molecule has 0 saturated heterocycles. The Morgan fingerprint density at radius 1 is 1.05 bits per heavy atom. The van der Waals surface area contributed by atoms with Crippen LogP contribution in [0.25, 0.3) is 32.8 Å². The number of pyridine rings is 1. The maximum atomic E-state index is 12.1. The number of fused-ring (bicyclic) bond motifs is 4. The van der Waals surface area contributed by atoms with Gasteiger partial charge >= 0.3 is 0 Å². The number of carbonyl (C=O) groups is 1. The maximum Gasteiger partial charge on any atom is 0.229 e. The Morgan fingerprint density at radius 3 is 2.48 bits per heavy atom. The molecule has 0 aliphatic carbocycles. The second kappa shape index (κ2) is 4.30. The molecule has 2 heterocycles. The summed E-state index contributed by atoms with van der Waals surface area (Å²) in [7, 11) is 0. The van der Waals surface area contributed by atoms with Gasteiger partial charge in [0, 0.05) is 23.1 Å². The summed E-state index contributed by atoms with van der Waals surface area (Å²) < 4.78 is 1.63. The van der Waals surface area contributed by atoms with Crippen molar-refractivity contribution >= 4 is 50.3 Å². The van der Waals surface area contributed by atoms with Crippen LogP contribution in [0.4, 0.5) is 0 Å². The van der Waals surface area contributed by atoms with Crippen LogP contribution in [-0.2, 0) is 0 Å². The minimum absolute atomic E-state index is 0.0694. The smallest absolute Gasteiger partial charge is 0.229 e. The zero-order valence-corrected chi connectivity index (χ0v) is 12.1. The molecule has 0 atom stereocenters. The van der Waals surface area contributed by atoms with Crippen LogP contribution in [0.2, 0.25) is 5.02 Å². The van der Waals surface area contributed by atoms with E-state index in [1.54, 1.807) is 4.57 Å². The van der Waals surface area contributed by atoms with E-state index in [4.69, 9.17) is 11.6 Å². The van der Waals surface area contributed by atoms with Crippen molar-refractivity contribution < 1.29 is 4.79 Å². The topological polar surface area (TPSA) is 34.9 Å². The first-order valence-electron chi connectivity index (χ1n) is 6.67. The van der Waals surface area contributed by atoms with E-state index in [9.17, 15) is 4.79 Å². The van der Waals surface area contributed by atoms with Gasteiger partial charge < -0.3 is 0 Å². The molecule has 3 nitrogen and oxygen atoms in total. The van der Waals surface area contributed by atoms with Gasteiger partial charge in [-0.05, 0) is 12.1 Å². The Balaban J connectivity index is 2.38. The van der Waals surface area contributed by atoms with E-state index in [-0.39, 0.29) is 5.91 Å². The fourth-order valence-corrected chi connectivity index (χ4v) is 3.22. The van der Waals surface area contributed by atoms with E-state index in [0.717, 1.165) is 27.2 Å². The van der Waals surface area contributed by atoms with Crippen molar-refractivity contribution in [1.29, 1.82) is 0 Å². The van der Waals surface area contributed by atoms with Crippen molar-refractivity contribution in [3.63, 3.8) is 0 Å². The van der Waals surface area contributed by atoms with E-state index < -0.39 is 0 Å². The number of benzene rings is 2. The molecule has 2 aromatic carbocycles. The fraction of sp³-hybridized carbons (Fsp3) is 0.0588. The third-order valence-electron chi connectivity index (χ3n) is 3.75. The number of hydrogen-bond acceptors (Lipinski definition) is 2. The molecule has 0 unspecified atom stereocenters. The van der Waals surface area contributed by atoms with Crippen LogP contribution in [0.1, 0.15) is 11.7 Å². The summed E-state index contributed by atoms with van der Waals surface area (Å²) in [6.07, 6.45) is 0. The average molecular weight is 295 g/mol. The molecule has 21 heavy (non-hydrogen) atoms. The Bertz CT molecular complexity index is 1030. The molecular formula is C17H11ClN2O. The van der Waals surface area contributed by atoms with E-state index in [1.807, 2.05) is 48.5 Å². The number of halogens is 1. The lowest BCUT2D eigenvalue weighted by atomic mass is 10.1. The lowest BCUT2D eigenvalue weighted by Gasteiger charge is -2.04. The Morgan fingerprint density at radius 2 is 1.71 bits per heavy atom. The highest BCUT2D eigenvalue weighted by molar-refractivity contribution is 6.42. The first-order valence-corrected chi connectivity index (χ1v) is 7.04. The Kier molecular flexibility index (Phi) is 2.53. The molecule has 0 bridgehead atoms. The molecule has 102 valence electrons. The minimum atomic E-state index is -0.0694. The van der Waals surface area contributed by atoms with Crippen LogP contribution in [-0.4, -0.2) is 15.5 Å². The van der Waals surface area contributed by atoms with E-state index in [1.165, 1.54) is 6.92 Å². The van der Waals surface area contributed by atoms with Crippen molar-refractivity contribution in [2.24, 2.45) is 0 Å². The number of hydrogen-bond donors (Lipinski definition) is 0. The molecular weight excluding hydrogens is 284 g/mol. The number of aromatic nitrogens is 2. The van der Waals surface area contributed by atoms with Crippen LogP contribution >= 0.6 is 11.6 Å². The Labute approximate surface area is 125 Å². The number of rotatable bonds is 0. The van der Waals surface area contributed by atoms with Crippen LogP contribution in [0.3, 0.4) is 0 Å². The largest absolute Gasteiger partial charge is 0.274 e. The van der Waals surface area contributed by atoms with Crippen LogP contribution in [0.15, 0.2) is 48.5 Å². The molecule has 0 aliphatic rings. The summed E-state index contributed by atoms with van der Waals surface area (Å²) in [5.74, 6) is -0.0694. The van der Waals surface area contributed by atoms with Crippen molar-refractivity contribution in [3.05, 3.63) is 53.6 Å². The summed E-state index contributed by atoms with van der Waals surface area (Å²) >= 11 is 6.61. The van der Waals surface area contributed by atoms with Gasteiger partial charge in [-0.3, -0.25) is 9.36 Å². The van der Waals surface area contributed by atoms with Gasteiger partial charge in [0.05, 0.1) is 16.1 Å². The molecule has 2 aromatic heterocycles. The highest BCUT2D eigenvalue weighted by Gasteiger charge is 2.18. The molecule has 0 amide bonds. The van der Waals surface area contributed by atoms with E-state index in [2.05, 4.69) is 4.98 Å². The Hall–Kier alpha value is -2.39. The SMILES string of the molecule is CC(=O)n1c2ccccc2c2c(Cl)c3ccccc3nc21. The zero-order chi connectivity index (χ0) is 14.6. The van der Waals surface area contributed by atoms with Gasteiger partial charge in [-0.2, -0.15) is 0 Å². The van der Waals surface area contributed by atoms with Crippen molar-refractivity contribution in [3.8, 4) is 0 Å². The predicted molar refractivity (Wildman–Crippen MR) is 86.1 cm³/mol. The van der Waals surface area contributed by atoms with Crippen LogP contribution < -0.4 is 0 Å².